The van der Waals surface area contributed by atoms with E-state index in [4.69, 9.17) is 11.6 Å². The maximum atomic E-state index is 13.0. The van der Waals surface area contributed by atoms with Crippen molar-refractivity contribution in [1.29, 1.82) is 0 Å². The predicted molar refractivity (Wildman–Crippen MR) is 120 cm³/mol. The summed E-state index contributed by atoms with van der Waals surface area (Å²) in [6.45, 7) is 3.44. The van der Waals surface area contributed by atoms with E-state index in [0.717, 1.165) is 18.8 Å². The minimum Gasteiger partial charge on any atom is -0.508 e. The number of phenolic OH excluding ortho intramolecular Hbond substituents is 1. The molecule has 0 atom stereocenters. The molecule has 2 aromatic carbocycles. The minimum atomic E-state index is -3.57. The lowest BCUT2D eigenvalue weighted by atomic mass is 9.96. The van der Waals surface area contributed by atoms with Gasteiger partial charge in [-0.15, -0.1) is 0 Å². The molecule has 0 spiro atoms. The molecule has 7 nitrogen and oxygen atoms in total. The van der Waals surface area contributed by atoms with Gasteiger partial charge in [0.25, 0.3) is 0 Å². The van der Waals surface area contributed by atoms with E-state index in [-0.39, 0.29) is 22.5 Å². The van der Waals surface area contributed by atoms with E-state index < -0.39 is 10.0 Å². The van der Waals surface area contributed by atoms with Crippen molar-refractivity contribution < 1.29 is 18.3 Å². The number of carbonyl (C=O) groups is 1. The van der Waals surface area contributed by atoms with Gasteiger partial charge in [0, 0.05) is 55.9 Å². The Kier molecular flexibility index (Phi) is 6.41. The van der Waals surface area contributed by atoms with Gasteiger partial charge in [0.1, 0.15) is 5.75 Å². The highest BCUT2D eigenvalue weighted by Gasteiger charge is 2.34. The average molecular weight is 464 g/mol. The third kappa shape index (κ3) is 4.81. The summed E-state index contributed by atoms with van der Waals surface area (Å²) in [7, 11) is -3.57. The van der Waals surface area contributed by atoms with E-state index in [1.54, 1.807) is 24.3 Å². The van der Waals surface area contributed by atoms with Gasteiger partial charge < -0.3 is 14.9 Å². The zero-order valence-corrected chi connectivity index (χ0v) is 18.7. The first-order chi connectivity index (χ1) is 14.8. The van der Waals surface area contributed by atoms with Crippen LogP contribution >= 0.6 is 11.6 Å². The lowest BCUT2D eigenvalue weighted by Gasteiger charge is -2.39. The number of carbonyl (C=O) groups excluding carboxylic acids is 1. The zero-order chi connectivity index (χ0) is 22.0. The van der Waals surface area contributed by atoms with Crippen molar-refractivity contribution in [3.8, 4) is 5.75 Å². The molecule has 31 heavy (non-hydrogen) atoms. The Balaban J connectivity index is 1.30. The van der Waals surface area contributed by atoms with Gasteiger partial charge >= 0.3 is 0 Å². The SMILES string of the molecule is O=C(C1CCN(S(=O)(=O)c2ccc(Cl)cc2)CC1)N1CCN(c2ccc(O)cc2)CC1. The molecule has 0 aromatic heterocycles. The van der Waals surface area contributed by atoms with Gasteiger partial charge in [-0.1, -0.05) is 11.6 Å². The molecule has 2 heterocycles. The van der Waals surface area contributed by atoms with Crippen LogP contribution in [0.5, 0.6) is 5.75 Å². The molecule has 0 saturated carbocycles. The molecule has 2 aliphatic rings. The van der Waals surface area contributed by atoms with E-state index in [2.05, 4.69) is 4.90 Å². The van der Waals surface area contributed by atoms with Crippen molar-refractivity contribution in [2.24, 2.45) is 5.92 Å². The quantitative estimate of drug-likeness (QED) is 0.754. The Morgan fingerprint density at radius 1 is 0.871 bits per heavy atom. The van der Waals surface area contributed by atoms with Crippen molar-refractivity contribution in [3.05, 3.63) is 53.6 Å². The largest absolute Gasteiger partial charge is 0.508 e. The lowest BCUT2D eigenvalue weighted by Crippen LogP contribution is -2.52. The maximum absolute atomic E-state index is 13.0. The zero-order valence-electron chi connectivity index (χ0n) is 17.2. The molecule has 0 aliphatic carbocycles. The van der Waals surface area contributed by atoms with Crippen molar-refractivity contribution >= 4 is 33.2 Å². The van der Waals surface area contributed by atoms with Gasteiger partial charge in [-0.2, -0.15) is 4.31 Å². The van der Waals surface area contributed by atoms with E-state index >= 15 is 0 Å². The van der Waals surface area contributed by atoms with E-state index in [9.17, 15) is 18.3 Å². The van der Waals surface area contributed by atoms with Gasteiger partial charge in [-0.05, 0) is 61.4 Å². The number of hydrogen-bond acceptors (Lipinski definition) is 5. The second-order valence-corrected chi connectivity index (χ2v) is 10.3. The number of hydrogen-bond donors (Lipinski definition) is 1. The van der Waals surface area contributed by atoms with Crippen LogP contribution in [-0.2, 0) is 14.8 Å². The monoisotopic (exact) mass is 463 g/mol. The number of benzene rings is 2. The molecule has 1 amide bonds. The standard InChI is InChI=1S/C22H26ClN3O4S/c23-18-1-7-21(8-2-18)31(29,30)26-11-9-17(10-12-26)22(28)25-15-13-24(14-16-25)19-3-5-20(27)6-4-19/h1-8,17,27H,9-16H2. The maximum Gasteiger partial charge on any atom is 0.243 e. The highest BCUT2D eigenvalue weighted by molar-refractivity contribution is 7.89. The Hall–Kier alpha value is -2.29. The molecule has 0 bridgehead atoms. The van der Waals surface area contributed by atoms with Gasteiger partial charge in [0.05, 0.1) is 4.90 Å². The minimum absolute atomic E-state index is 0.119. The second-order valence-electron chi connectivity index (χ2n) is 7.96. The second kappa shape index (κ2) is 9.06. The molecule has 166 valence electrons. The van der Waals surface area contributed by atoms with Crippen LogP contribution in [0, 0.1) is 5.92 Å². The molecular weight excluding hydrogens is 438 g/mol. The Morgan fingerprint density at radius 3 is 2.03 bits per heavy atom. The number of halogens is 1. The smallest absolute Gasteiger partial charge is 0.243 e. The summed E-state index contributed by atoms with van der Waals surface area (Å²) < 4.78 is 27.1. The predicted octanol–water partition coefficient (Wildman–Crippen LogP) is 2.80. The molecule has 2 aromatic rings. The fourth-order valence-electron chi connectivity index (χ4n) is 4.21. The number of aromatic hydroxyl groups is 1. The lowest BCUT2D eigenvalue weighted by molar-refractivity contribution is -0.137. The number of amides is 1. The van der Waals surface area contributed by atoms with Crippen LogP contribution in [0.1, 0.15) is 12.8 Å². The van der Waals surface area contributed by atoms with Crippen LogP contribution in [0.4, 0.5) is 5.69 Å². The van der Waals surface area contributed by atoms with Crippen LogP contribution in [0.3, 0.4) is 0 Å². The van der Waals surface area contributed by atoms with Gasteiger partial charge in [0.2, 0.25) is 15.9 Å². The highest BCUT2D eigenvalue weighted by Crippen LogP contribution is 2.27. The van der Waals surface area contributed by atoms with Gasteiger partial charge in [-0.25, -0.2) is 8.42 Å². The van der Waals surface area contributed by atoms with E-state index in [1.165, 1.54) is 16.4 Å². The molecule has 0 unspecified atom stereocenters. The molecule has 0 radical (unpaired) electrons. The number of sulfonamides is 1. The first-order valence-corrected chi connectivity index (χ1v) is 12.2. The number of anilines is 1. The topological polar surface area (TPSA) is 81.2 Å². The van der Waals surface area contributed by atoms with Crippen molar-refractivity contribution in [2.75, 3.05) is 44.2 Å². The van der Waals surface area contributed by atoms with Crippen molar-refractivity contribution in [2.45, 2.75) is 17.7 Å². The molecule has 2 fully saturated rings. The summed E-state index contributed by atoms with van der Waals surface area (Å²) in [5.41, 5.74) is 1.03. The third-order valence-corrected chi connectivity index (χ3v) is 8.23. The summed E-state index contributed by atoms with van der Waals surface area (Å²) in [5.74, 6) is 0.216. The number of rotatable bonds is 4. The van der Waals surface area contributed by atoms with Crippen LogP contribution in [0.25, 0.3) is 0 Å². The Morgan fingerprint density at radius 2 is 1.45 bits per heavy atom. The first kappa shape index (κ1) is 21.9. The van der Waals surface area contributed by atoms with Crippen molar-refractivity contribution in [1.82, 2.24) is 9.21 Å². The van der Waals surface area contributed by atoms with Crippen LogP contribution < -0.4 is 4.90 Å². The summed E-state index contributed by atoms with van der Waals surface area (Å²) in [6, 6.07) is 13.3. The van der Waals surface area contributed by atoms with Crippen LogP contribution in [-0.4, -0.2) is 67.9 Å². The fourth-order valence-corrected chi connectivity index (χ4v) is 5.80. The molecule has 1 N–H and O–H groups in total. The average Bonchev–Trinajstić information content (AvgIpc) is 2.80. The van der Waals surface area contributed by atoms with Gasteiger partial charge in [-0.3, -0.25) is 4.79 Å². The molecule has 2 aliphatic heterocycles. The van der Waals surface area contributed by atoms with Gasteiger partial charge in [0.15, 0.2) is 0 Å². The van der Waals surface area contributed by atoms with E-state index in [1.807, 2.05) is 17.0 Å². The number of piperidine rings is 1. The first-order valence-electron chi connectivity index (χ1n) is 10.4. The molecular formula is C22H26ClN3O4S. The summed E-state index contributed by atoms with van der Waals surface area (Å²) in [6.07, 6.45) is 1.06. The highest BCUT2D eigenvalue weighted by atomic mass is 35.5. The number of nitrogens with zero attached hydrogens (tertiary/aromatic N) is 3. The number of piperazine rings is 1. The van der Waals surface area contributed by atoms with Crippen molar-refractivity contribution in [3.63, 3.8) is 0 Å². The summed E-state index contributed by atoms with van der Waals surface area (Å²) >= 11 is 5.86. The fraction of sp³-hybridized carbons (Fsp3) is 0.409. The summed E-state index contributed by atoms with van der Waals surface area (Å²) in [4.78, 5) is 17.3. The van der Waals surface area contributed by atoms with E-state index in [0.29, 0.717) is 44.0 Å². The van der Waals surface area contributed by atoms with Crippen LogP contribution in [0.15, 0.2) is 53.4 Å². The molecule has 2 saturated heterocycles. The number of phenols is 1. The Labute approximate surface area is 187 Å². The Bertz CT molecular complexity index is 1010. The normalized spacial score (nSPS) is 18.9. The summed E-state index contributed by atoms with van der Waals surface area (Å²) in [5, 5.41) is 9.94. The molecule has 4 rings (SSSR count). The molecule has 9 heteroatoms. The third-order valence-electron chi connectivity index (χ3n) is 6.06. The van der Waals surface area contributed by atoms with Crippen LogP contribution in [0.2, 0.25) is 5.02 Å².